The molecule has 0 heterocycles. The van der Waals surface area contributed by atoms with Crippen molar-refractivity contribution in [2.75, 3.05) is 26.2 Å². The number of halogens is 1. The molecule has 0 bridgehead atoms. The number of hydrogen-bond donors (Lipinski definition) is 0. The molecular formula is C17H28BrNO. The summed E-state index contributed by atoms with van der Waals surface area (Å²) in [6.45, 7) is 12.7. The van der Waals surface area contributed by atoms with Crippen LogP contribution in [0.15, 0.2) is 18.2 Å². The van der Waals surface area contributed by atoms with Gasteiger partial charge in [-0.1, -0.05) is 48.0 Å². The number of para-hydroxylation sites is 1. The van der Waals surface area contributed by atoms with Crippen LogP contribution in [-0.2, 0) is 0 Å². The van der Waals surface area contributed by atoms with Crippen LogP contribution in [-0.4, -0.2) is 36.0 Å². The van der Waals surface area contributed by atoms with Crippen LogP contribution in [0.4, 0.5) is 0 Å². The lowest BCUT2D eigenvalue weighted by molar-refractivity contribution is 0.212. The van der Waals surface area contributed by atoms with Crippen LogP contribution in [0.2, 0.25) is 0 Å². The van der Waals surface area contributed by atoms with Crippen molar-refractivity contribution in [2.24, 2.45) is 0 Å². The SMILES string of the molecule is CCN(CCCC(C)Br)CCOc1c(C)cccc1C. The van der Waals surface area contributed by atoms with Crippen LogP contribution >= 0.6 is 15.9 Å². The van der Waals surface area contributed by atoms with Gasteiger partial charge in [0, 0.05) is 11.4 Å². The molecule has 0 aromatic heterocycles. The van der Waals surface area contributed by atoms with Gasteiger partial charge in [-0.05, 0) is 50.9 Å². The fourth-order valence-corrected chi connectivity index (χ4v) is 2.65. The molecule has 0 aliphatic heterocycles. The lowest BCUT2D eigenvalue weighted by atomic mass is 10.1. The fourth-order valence-electron chi connectivity index (χ4n) is 2.33. The predicted molar refractivity (Wildman–Crippen MR) is 91.1 cm³/mol. The molecule has 0 amide bonds. The summed E-state index contributed by atoms with van der Waals surface area (Å²) in [7, 11) is 0. The third kappa shape index (κ3) is 6.27. The van der Waals surface area contributed by atoms with Crippen molar-refractivity contribution in [1.82, 2.24) is 4.90 Å². The number of ether oxygens (including phenoxy) is 1. The molecule has 1 atom stereocenters. The maximum Gasteiger partial charge on any atom is 0.125 e. The Morgan fingerprint density at radius 1 is 1.20 bits per heavy atom. The molecule has 0 aliphatic rings. The van der Waals surface area contributed by atoms with Gasteiger partial charge in [-0.3, -0.25) is 0 Å². The minimum absolute atomic E-state index is 0.618. The van der Waals surface area contributed by atoms with E-state index in [1.807, 2.05) is 0 Å². The lowest BCUT2D eigenvalue weighted by Gasteiger charge is -2.21. The molecular weight excluding hydrogens is 314 g/mol. The highest BCUT2D eigenvalue weighted by molar-refractivity contribution is 9.09. The van der Waals surface area contributed by atoms with Gasteiger partial charge in [0.25, 0.3) is 0 Å². The molecule has 114 valence electrons. The molecule has 0 fully saturated rings. The summed E-state index contributed by atoms with van der Waals surface area (Å²) in [6, 6.07) is 6.30. The summed E-state index contributed by atoms with van der Waals surface area (Å²) in [4.78, 5) is 3.08. The van der Waals surface area contributed by atoms with Gasteiger partial charge < -0.3 is 9.64 Å². The summed E-state index contributed by atoms with van der Waals surface area (Å²) in [5.74, 6) is 1.05. The van der Waals surface area contributed by atoms with Crippen LogP contribution in [0, 0.1) is 13.8 Å². The van der Waals surface area contributed by atoms with Gasteiger partial charge in [0.15, 0.2) is 0 Å². The molecule has 1 unspecified atom stereocenters. The van der Waals surface area contributed by atoms with Gasteiger partial charge in [0.05, 0.1) is 0 Å². The van der Waals surface area contributed by atoms with Gasteiger partial charge in [-0.2, -0.15) is 0 Å². The average Bonchev–Trinajstić information content (AvgIpc) is 2.39. The highest BCUT2D eigenvalue weighted by Crippen LogP contribution is 2.22. The van der Waals surface area contributed by atoms with E-state index in [1.165, 1.54) is 24.0 Å². The standard InChI is InChI=1S/C17H28BrNO/c1-5-19(11-7-10-16(4)18)12-13-20-17-14(2)8-6-9-15(17)3/h6,8-9,16H,5,7,10-13H2,1-4H3. The summed E-state index contributed by atoms with van der Waals surface area (Å²) in [5, 5.41) is 0. The van der Waals surface area contributed by atoms with Crippen molar-refractivity contribution >= 4 is 15.9 Å². The Bertz CT molecular complexity index is 372. The van der Waals surface area contributed by atoms with E-state index in [0.717, 1.165) is 32.0 Å². The van der Waals surface area contributed by atoms with Gasteiger partial charge >= 0.3 is 0 Å². The monoisotopic (exact) mass is 341 g/mol. The molecule has 0 radical (unpaired) electrons. The van der Waals surface area contributed by atoms with Gasteiger partial charge in [0.1, 0.15) is 12.4 Å². The van der Waals surface area contributed by atoms with E-state index >= 15 is 0 Å². The Labute approximate surface area is 132 Å². The normalized spacial score (nSPS) is 12.7. The lowest BCUT2D eigenvalue weighted by Crippen LogP contribution is -2.29. The molecule has 0 N–H and O–H groups in total. The number of likely N-dealkylation sites (N-methyl/N-ethyl adjacent to an activating group) is 1. The van der Waals surface area contributed by atoms with E-state index in [-0.39, 0.29) is 0 Å². The second-order valence-electron chi connectivity index (χ2n) is 5.43. The Kier molecular flexibility index (Phi) is 8.24. The summed E-state index contributed by atoms with van der Waals surface area (Å²) < 4.78 is 5.98. The third-order valence-corrected chi connectivity index (χ3v) is 4.04. The Morgan fingerprint density at radius 3 is 2.40 bits per heavy atom. The minimum atomic E-state index is 0.618. The maximum absolute atomic E-state index is 5.98. The van der Waals surface area contributed by atoms with E-state index in [0.29, 0.717) is 4.83 Å². The van der Waals surface area contributed by atoms with Crippen LogP contribution in [0.5, 0.6) is 5.75 Å². The Balaban J connectivity index is 2.34. The van der Waals surface area contributed by atoms with Crippen LogP contribution < -0.4 is 4.74 Å². The zero-order chi connectivity index (χ0) is 15.0. The smallest absolute Gasteiger partial charge is 0.125 e. The summed E-state index contributed by atoms with van der Waals surface area (Å²) in [5.41, 5.74) is 2.45. The van der Waals surface area contributed by atoms with E-state index in [4.69, 9.17) is 4.74 Å². The molecule has 1 aromatic carbocycles. The van der Waals surface area contributed by atoms with Crippen LogP contribution in [0.25, 0.3) is 0 Å². The highest BCUT2D eigenvalue weighted by Gasteiger charge is 2.06. The third-order valence-electron chi connectivity index (χ3n) is 3.59. The molecule has 1 aromatic rings. The summed E-state index contributed by atoms with van der Waals surface area (Å²) >= 11 is 3.60. The van der Waals surface area contributed by atoms with Crippen LogP contribution in [0.3, 0.4) is 0 Å². The number of benzene rings is 1. The van der Waals surface area contributed by atoms with Crippen molar-refractivity contribution in [3.63, 3.8) is 0 Å². The molecule has 20 heavy (non-hydrogen) atoms. The Morgan fingerprint density at radius 2 is 1.85 bits per heavy atom. The van der Waals surface area contributed by atoms with Crippen LogP contribution in [0.1, 0.15) is 37.8 Å². The first-order valence-electron chi connectivity index (χ1n) is 7.60. The second kappa shape index (κ2) is 9.41. The largest absolute Gasteiger partial charge is 0.492 e. The number of nitrogens with zero attached hydrogens (tertiary/aromatic N) is 1. The first-order valence-corrected chi connectivity index (χ1v) is 8.51. The quantitative estimate of drug-likeness (QED) is 0.610. The van der Waals surface area contributed by atoms with Gasteiger partial charge in [-0.15, -0.1) is 0 Å². The molecule has 0 aliphatic carbocycles. The van der Waals surface area contributed by atoms with Crippen molar-refractivity contribution in [3.05, 3.63) is 29.3 Å². The number of rotatable bonds is 9. The van der Waals surface area contributed by atoms with E-state index in [9.17, 15) is 0 Å². The Hall–Kier alpha value is -0.540. The molecule has 0 spiro atoms. The molecule has 2 nitrogen and oxygen atoms in total. The highest BCUT2D eigenvalue weighted by atomic mass is 79.9. The minimum Gasteiger partial charge on any atom is -0.492 e. The first kappa shape index (κ1) is 17.5. The first-order chi connectivity index (χ1) is 9.54. The number of hydrogen-bond acceptors (Lipinski definition) is 2. The van der Waals surface area contributed by atoms with E-state index < -0.39 is 0 Å². The van der Waals surface area contributed by atoms with E-state index in [1.54, 1.807) is 0 Å². The molecule has 0 saturated carbocycles. The maximum atomic E-state index is 5.98. The van der Waals surface area contributed by atoms with Crippen molar-refractivity contribution in [1.29, 1.82) is 0 Å². The second-order valence-corrected chi connectivity index (χ2v) is 6.99. The molecule has 1 rings (SSSR count). The van der Waals surface area contributed by atoms with Crippen molar-refractivity contribution in [2.45, 2.75) is 45.4 Å². The zero-order valence-electron chi connectivity index (χ0n) is 13.3. The number of aryl methyl sites for hydroxylation is 2. The molecule has 3 heteroatoms. The summed E-state index contributed by atoms with van der Waals surface area (Å²) in [6.07, 6.45) is 2.47. The fraction of sp³-hybridized carbons (Fsp3) is 0.647. The van der Waals surface area contributed by atoms with Gasteiger partial charge in [-0.25, -0.2) is 0 Å². The van der Waals surface area contributed by atoms with E-state index in [2.05, 4.69) is 66.7 Å². The molecule has 0 saturated heterocycles. The predicted octanol–water partition coefficient (Wildman–Crippen LogP) is 4.57. The van der Waals surface area contributed by atoms with Crippen molar-refractivity contribution < 1.29 is 4.74 Å². The average molecular weight is 342 g/mol. The zero-order valence-corrected chi connectivity index (χ0v) is 14.9. The topological polar surface area (TPSA) is 12.5 Å². The van der Waals surface area contributed by atoms with Crippen molar-refractivity contribution in [3.8, 4) is 5.75 Å². The van der Waals surface area contributed by atoms with Gasteiger partial charge in [0.2, 0.25) is 0 Å². The number of alkyl halides is 1.